The first-order valence-electron chi connectivity index (χ1n) is 3.79. The van der Waals surface area contributed by atoms with Crippen molar-refractivity contribution in [1.82, 2.24) is 0 Å². The van der Waals surface area contributed by atoms with Crippen LogP contribution in [-0.4, -0.2) is 5.97 Å². The molecule has 13 heavy (non-hydrogen) atoms. The molecule has 2 nitrogen and oxygen atoms in total. The van der Waals surface area contributed by atoms with E-state index >= 15 is 0 Å². The van der Waals surface area contributed by atoms with Crippen LogP contribution in [0.3, 0.4) is 0 Å². The molecule has 0 aliphatic heterocycles. The van der Waals surface area contributed by atoms with Crippen LogP contribution in [0.25, 0.3) is 6.08 Å². The summed E-state index contributed by atoms with van der Waals surface area (Å²) in [5.74, 6) is -0.419. The highest BCUT2D eigenvalue weighted by Crippen LogP contribution is 2.10. The van der Waals surface area contributed by atoms with Gasteiger partial charge in [-0.2, -0.15) is 0 Å². The monoisotopic (exact) mass is 196 g/mol. The lowest BCUT2D eigenvalue weighted by Gasteiger charge is -1.97. The predicted octanol–water partition coefficient (Wildman–Crippen LogP) is 2.79. The van der Waals surface area contributed by atoms with Crippen molar-refractivity contribution in [2.75, 3.05) is 0 Å². The molecule has 0 spiro atoms. The van der Waals surface area contributed by atoms with Crippen LogP contribution >= 0.6 is 11.6 Å². The van der Waals surface area contributed by atoms with Gasteiger partial charge in [-0.25, -0.2) is 0 Å². The van der Waals surface area contributed by atoms with Crippen molar-refractivity contribution >= 4 is 23.6 Å². The Morgan fingerprint density at radius 1 is 1.38 bits per heavy atom. The number of carbonyl (C=O) groups excluding carboxylic acids is 1. The van der Waals surface area contributed by atoms with Gasteiger partial charge >= 0.3 is 5.97 Å². The Balaban J connectivity index is 2.71. The molecule has 0 saturated carbocycles. The topological polar surface area (TPSA) is 26.3 Å². The van der Waals surface area contributed by atoms with Crippen molar-refractivity contribution < 1.29 is 9.53 Å². The van der Waals surface area contributed by atoms with Crippen molar-refractivity contribution in [2.45, 2.75) is 6.92 Å². The van der Waals surface area contributed by atoms with Crippen LogP contribution in [0.2, 0.25) is 0 Å². The summed E-state index contributed by atoms with van der Waals surface area (Å²) in [5.41, 5.74) is 0.897. The van der Waals surface area contributed by atoms with Crippen molar-refractivity contribution in [3.8, 4) is 0 Å². The zero-order valence-electron chi connectivity index (χ0n) is 7.16. The summed E-state index contributed by atoms with van der Waals surface area (Å²) in [4.78, 5) is 10.5. The van der Waals surface area contributed by atoms with Crippen molar-refractivity contribution in [3.05, 3.63) is 41.1 Å². The number of halogens is 1. The maximum Gasteiger partial charge on any atom is 0.308 e. The second-order valence-electron chi connectivity index (χ2n) is 2.45. The Morgan fingerprint density at radius 2 is 2.00 bits per heavy atom. The second-order valence-corrected chi connectivity index (χ2v) is 2.83. The minimum Gasteiger partial charge on any atom is -0.414 e. The summed E-state index contributed by atoms with van der Waals surface area (Å²) in [7, 11) is 0. The minimum atomic E-state index is -0.419. The summed E-state index contributed by atoms with van der Waals surface area (Å²) >= 11 is 5.63. The number of ether oxygens (including phenoxy) is 1. The van der Waals surface area contributed by atoms with Gasteiger partial charge in [-0.15, -0.1) is 0 Å². The van der Waals surface area contributed by atoms with Gasteiger partial charge in [-0.05, 0) is 17.2 Å². The summed E-state index contributed by atoms with van der Waals surface area (Å²) in [6, 6.07) is 9.39. The van der Waals surface area contributed by atoms with Gasteiger partial charge in [0.05, 0.1) is 0 Å². The lowest BCUT2D eigenvalue weighted by Crippen LogP contribution is -1.93. The number of esters is 1. The zero-order chi connectivity index (χ0) is 9.68. The van der Waals surface area contributed by atoms with Crippen LogP contribution in [0.15, 0.2) is 35.6 Å². The van der Waals surface area contributed by atoms with Gasteiger partial charge in [0.1, 0.15) is 0 Å². The van der Waals surface area contributed by atoms with E-state index in [1.807, 2.05) is 30.3 Å². The molecule has 1 aromatic carbocycles. The number of benzene rings is 1. The first kappa shape index (κ1) is 9.81. The fourth-order valence-electron chi connectivity index (χ4n) is 0.847. The fourth-order valence-corrected chi connectivity index (χ4v) is 1.08. The van der Waals surface area contributed by atoms with E-state index in [0.717, 1.165) is 5.56 Å². The van der Waals surface area contributed by atoms with E-state index in [4.69, 9.17) is 11.6 Å². The Morgan fingerprint density at radius 3 is 2.54 bits per heavy atom. The van der Waals surface area contributed by atoms with Crippen LogP contribution in [0.5, 0.6) is 0 Å². The minimum absolute atomic E-state index is 0.0821. The molecule has 0 amide bonds. The average Bonchev–Trinajstić information content (AvgIpc) is 2.04. The van der Waals surface area contributed by atoms with Crippen molar-refractivity contribution in [1.29, 1.82) is 0 Å². The van der Waals surface area contributed by atoms with Gasteiger partial charge in [0.15, 0.2) is 5.22 Å². The standard InChI is InChI=1S/C10H9ClO2/c1-8(12)13-10(11)7-9-5-3-2-4-6-9/h2-7H,1H3. The van der Waals surface area contributed by atoms with Gasteiger partial charge in [0.2, 0.25) is 0 Å². The van der Waals surface area contributed by atoms with Gasteiger partial charge in [-0.3, -0.25) is 4.79 Å². The lowest BCUT2D eigenvalue weighted by molar-refractivity contribution is -0.135. The van der Waals surface area contributed by atoms with Gasteiger partial charge in [-0.1, -0.05) is 30.3 Å². The smallest absolute Gasteiger partial charge is 0.308 e. The third-order valence-electron chi connectivity index (χ3n) is 1.32. The molecule has 1 aromatic rings. The molecule has 0 atom stereocenters. The normalized spacial score (nSPS) is 11.1. The molecule has 0 aromatic heterocycles. The highest BCUT2D eigenvalue weighted by atomic mass is 35.5. The molecular formula is C10H9ClO2. The third kappa shape index (κ3) is 3.76. The van der Waals surface area contributed by atoms with Gasteiger partial charge < -0.3 is 4.74 Å². The van der Waals surface area contributed by atoms with Crippen LogP contribution in [0, 0.1) is 0 Å². The number of hydrogen-bond acceptors (Lipinski definition) is 2. The van der Waals surface area contributed by atoms with E-state index in [9.17, 15) is 4.79 Å². The second kappa shape index (κ2) is 4.67. The van der Waals surface area contributed by atoms with E-state index in [0.29, 0.717) is 0 Å². The van der Waals surface area contributed by atoms with Crippen LogP contribution in [-0.2, 0) is 9.53 Å². The van der Waals surface area contributed by atoms with E-state index in [2.05, 4.69) is 4.74 Å². The molecule has 0 fully saturated rings. The van der Waals surface area contributed by atoms with Gasteiger partial charge in [0.25, 0.3) is 0 Å². The molecule has 0 saturated heterocycles. The maximum atomic E-state index is 10.5. The molecule has 0 radical (unpaired) electrons. The fraction of sp³-hybridized carbons (Fsp3) is 0.100. The zero-order valence-corrected chi connectivity index (χ0v) is 7.91. The first-order valence-corrected chi connectivity index (χ1v) is 4.17. The highest BCUT2D eigenvalue weighted by Gasteiger charge is 1.97. The lowest BCUT2D eigenvalue weighted by atomic mass is 10.2. The largest absolute Gasteiger partial charge is 0.414 e. The highest BCUT2D eigenvalue weighted by molar-refractivity contribution is 6.30. The molecule has 3 heteroatoms. The van der Waals surface area contributed by atoms with Crippen LogP contribution < -0.4 is 0 Å². The Bertz CT molecular complexity index is 317. The molecule has 1 rings (SSSR count). The summed E-state index contributed by atoms with van der Waals surface area (Å²) in [6.45, 7) is 1.31. The van der Waals surface area contributed by atoms with E-state index in [-0.39, 0.29) is 5.22 Å². The molecule has 0 bridgehead atoms. The van der Waals surface area contributed by atoms with Crippen molar-refractivity contribution in [3.63, 3.8) is 0 Å². The quantitative estimate of drug-likeness (QED) is 0.537. The molecule has 0 N–H and O–H groups in total. The summed E-state index contributed by atoms with van der Waals surface area (Å²) < 4.78 is 4.64. The number of hydrogen-bond donors (Lipinski definition) is 0. The Kier molecular flexibility index (Phi) is 3.53. The molecule has 0 aliphatic carbocycles. The van der Waals surface area contributed by atoms with E-state index in [1.54, 1.807) is 6.08 Å². The van der Waals surface area contributed by atoms with E-state index in [1.165, 1.54) is 6.92 Å². The van der Waals surface area contributed by atoms with Gasteiger partial charge in [0, 0.05) is 13.0 Å². The SMILES string of the molecule is CC(=O)OC(Cl)=Cc1ccccc1. The van der Waals surface area contributed by atoms with Crippen LogP contribution in [0.4, 0.5) is 0 Å². The molecular weight excluding hydrogens is 188 g/mol. The van der Waals surface area contributed by atoms with Crippen molar-refractivity contribution in [2.24, 2.45) is 0 Å². The maximum absolute atomic E-state index is 10.5. The summed E-state index contributed by atoms with van der Waals surface area (Å²) in [5, 5.41) is 0.0821. The molecule has 0 aliphatic rings. The van der Waals surface area contributed by atoms with E-state index < -0.39 is 5.97 Å². The first-order chi connectivity index (χ1) is 6.18. The third-order valence-corrected chi connectivity index (χ3v) is 1.51. The average molecular weight is 197 g/mol. The van der Waals surface area contributed by atoms with Crippen LogP contribution in [0.1, 0.15) is 12.5 Å². The predicted molar refractivity (Wildman–Crippen MR) is 52.0 cm³/mol. The number of carbonyl (C=O) groups is 1. The number of rotatable bonds is 2. The molecule has 0 unspecified atom stereocenters. The Hall–Kier alpha value is -1.28. The molecule has 68 valence electrons. The summed E-state index contributed by atoms with van der Waals surface area (Å²) in [6.07, 6.45) is 1.59. The Labute approximate surface area is 81.8 Å². The molecule has 0 heterocycles.